The molecule has 0 aromatic carbocycles. The highest BCUT2D eigenvalue weighted by Gasteiger charge is 1.83. The molecule has 10 heavy (non-hydrogen) atoms. The molecule has 0 aliphatic carbocycles. The maximum Gasteiger partial charge on any atom is 0.0943 e. The van der Waals surface area contributed by atoms with Gasteiger partial charge in [-0.25, -0.2) is 0 Å². The fourth-order valence-corrected chi connectivity index (χ4v) is 0.421. The molecule has 0 aliphatic rings. The lowest BCUT2D eigenvalue weighted by Crippen LogP contribution is -2.08. The van der Waals surface area contributed by atoms with Crippen LogP contribution in [0.2, 0.25) is 0 Å². The Hall–Kier alpha value is -1.32. The second-order valence-corrected chi connectivity index (χ2v) is 1.93. The van der Waals surface area contributed by atoms with Crippen molar-refractivity contribution < 1.29 is 0 Å². The molecule has 0 unspecified atom stereocenters. The largest absolute Gasteiger partial charge is 0.387 e. The van der Waals surface area contributed by atoms with Crippen LogP contribution < -0.4 is 11.5 Å². The van der Waals surface area contributed by atoms with Gasteiger partial charge in [-0.3, -0.25) is 10.8 Å². The first-order chi connectivity index (χ1) is 4.63. The second kappa shape index (κ2) is 4.55. The normalized spacial score (nSPS) is 10.0. The van der Waals surface area contributed by atoms with Gasteiger partial charge >= 0.3 is 0 Å². The third kappa shape index (κ3) is 6.68. The summed E-state index contributed by atoms with van der Waals surface area (Å²) in [6.07, 6.45) is 4.33. The van der Waals surface area contributed by atoms with Crippen molar-refractivity contribution in [1.29, 1.82) is 10.8 Å². The zero-order chi connectivity index (χ0) is 7.98. The van der Waals surface area contributed by atoms with Crippen molar-refractivity contribution in [3.8, 4) is 0 Å². The maximum absolute atomic E-state index is 6.82. The Morgan fingerprint density at radius 1 is 1.00 bits per heavy atom. The molecule has 0 heterocycles. The average Bonchev–Trinajstić information content (AvgIpc) is 1.79. The van der Waals surface area contributed by atoms with Gasteiger partial charge in [0.05, 0.1) is 11.7 Å². The fraction of sp³-hybridized carbons (Fsp3) is 0.333. The Kier molecular flexibility index (Phi) is 3.95. The van der Waals surface area contributed by atoms with Crippen LogP contribution >= 0.6 is 0 Å². The average molecular weight is 140 g/mol. The summed E-state index contributed by atoms with van der Waals surface area (Å²) < 4.78 is 0. The first-order valence-electron chi connectivity index (χ1n) is 2.93. The first-order valence-corrected chi connectivity index (χ1v) is 2.93. The van der Waals surface area contributed by atoms with Gasteiger partial charge in [-0.15, -0.1) is 0 Å². The van der Waals surface area contributed by atoms with E-state index in [1.54, 1.807) is 12.2 Å². The van der Waals surface area contributed by atoms with Gasteiger partial charge in [0, 0.05) is 12.8 Å². The molecule has 0 aromatic rings. The molecular formula is C6H12N4. The Morgan fingerprint density at radius 2 is 1.30 bits per heavy atom. The number of amidine groups is 2. The standard InChI is InChI=1S/C6H12N4/c7-5(8)3-1-2-4-6(9)10/h1-2H,3-4H2,(H3,7,8)(H3,9,10)/b2-1+. The molecule has 0 aliphatic heterocycles. The molecule has 0 amide bonds. The van der Waals surface area contributed by atoms with Crippen LogP contribution in [-0.4, -0.2) is 11.7 Å². The Labute approximate surface area is 59.9 Å². The minimum Gasteiger partial charge on any atom is -0.387 e. The monoisotopic (exact) mass is 140 g/mol. The fourth-order valence-electron chi connectivity index (χ4n) is 0.421. The van der Waals surface area contributed by atoms with Gasteiger partial charge in [0.15, 0.2) is 0 Å². The molecule has 0 bridgehead atoms. The number of hydrogen-bond donors (Lipinski definition) is 4. The number of rotatable bonds is 4. The van der Waals surface area contributed by atoms with Crippen LogP contribution in [0.15, 0.2) is 12.2 Å². The van der Waals surface area contributed by atoms with E-state index in [0.717, 1.165) is 0 Å². The smallest absolute Gasteiger partial charge is 0.0943 e. The van der Waals surface area contributed by atoms with E-state index in [-0.39, 0.29) is 11.7 Å². The van der Waals surface area contributed by atoms with Gasteiger partial charge in [0.25, 0.3) is 0 Å². The quantitative estimate of drug-likeness (QED) is 0.254. The predicted octanol–water partition coefficient (Wildman–Crippen LogP) is 0.195. The van der Waals surface area contributed by atoms with E-state index in [1.165, 1.54) is 0 Å². The highest BCUT2D eigenvalue weighted by atomic mass is 14.7. The minimum atomic E-state index is 0.125. The van der Waals surface area contributed by atoms with Gasteiger partial charge in [-0.2, -0.15) is 0 Å². The van der Waals surface area contributed by atoms with Crippen LogP contribution in [0.4, 0.5) is 0 Å². The van der Waals surface area contributed by atoms with Crippen LogP contribution in [-0.2, 0) is 0 Å². The number of nitrogens with two attached hydrogens (primary N) is 2. The highest BCUT2D eigenvalue weighted by molar-refractivity contribution is 5.80. The molecule has 0 saturated carbocycles. The van der Waals surface area contributed by atoms with Gasteiger partial charge in [0.1, 0.15) is 0 Å². The molecule has 0 saturated heterocycles. The van der Waals surface area contributed by atoms with Crippen LogP contribution in [0.5, 0.6) is 0 Å². The maximum atomic E-state index is 6.82. The molecule has 0 atom stereocenters. The molecule has 0 rings (SSSR count). The molecule has 4 nitrogen and oxygen atoms in total. The molecule has 6 N–H and O–H groups in total. The van der Waals surface area contributed by atoms with Crippen LogP contribution in [0.3, 0.4) is 0 Å². The first kappa shape index (κ1) is 8.68. The lowest BCUT2D eigenvalue weighted by Gasteiger charge is -1.89. The lowest BCUT2D eigenvalue weighted by molar-refractivity contribution is 1.27. The molecular weight excluding hydrogens is 128 g/mol. The Balaban J connectivity index is 3.38. The van der Waals surface area contributed by atoms with Crippen molar-refractivity contribution >= 4 is 11.7 Å². The van der Waals surface area contributed by atoms with E-state index >= 15 is 0 Å². The topological polar surface area (TPSA) is 99.7 Å². The minimum absolute atomic E-state index is 0.125. The summed E-state index contributed by atoms with van der Waals surface area (Å²) in [6.45, 7) is 0. The molecule has 0 aromatic heterocycles. The van der Waals surface area contributed by atoms with E-state index in [9.17, 15) is 0 Å². The molecule has 4 heteroatoms. The van der Waals surface area contributed by atoms with Crippen molar-refractivity contribution in [2.75, 3.05) is 0 Å². The summed E-state index contributed by atoms with van der Waals surface area (Å²) in [6, 6.07) is 0. The third-order valence-electron chi connectivity index (χ3n) is 0.842. The van der Waals surface area contributed by atoms with E-state index in [0.29, 0.717) is 12.8 Å². The summed E-state index contributed by atoms with van der Waals surface area (Å²) >= 11 is 0. The van der Waals surface area contributed by atoms with Crippen LogP contribution in [0.25, 0.3) is 0 Å². The zero-order valence-electron chi connectivity index (χ0n) is 5.72. The molecule has 56 valence electrons. The van der Waals surface area contributed by atoms with Crippen molar-refractivity contribution in [2.45, 2.75) is 12.8 Å². The van der Waals surface area contributed by atoms with Crippen molar-refractivity contribution in [3.63, 3.8) is 0 Å². The van der Waals surface area contributed by atoms with Gasteiger partial charge < -0.3 is 11.5 Å². The summed E-state index contributed by atoms with van der Waals surface area (Å²) in [4.78, 5) is 0. The van der Waals surface area contributed by atoms with Crippen molar-refractivity contribution in [1.82, 2.24) is 0 Å². The van der Waals surface area contributed by atoms with Gasteiger partial charge in [-0.1, -0.05) is 12.2 Å². The number of nitrogens with one attached hydrogen (secondary N) is 2. The molecule has 0 radical (unpaired) electrons. The summed E-state index contributed by atoms with van der Waals surface area (Å²) in [5.41, 5.74) is 10.1. The second-order valence-electron chi connectivity index (χ2n) is 1.93. The van der Waals surface area contributed by atoms with Gasteiger partial charge in [0.2, 0.25) is 0 Å². The van der Waals surface area contributed by atoms with E-state index < -0.39 is 0 Å². The highest BCUT2D eigenvalue weighted by Crippen LogP contribution is 1.85. The lowest BCUT2D eigenvalue weighted by atomic mass is 10.3. The van der Waals surface area contributed by atoms with Crippen LogP contribution in [0.1, 0.15) is 12.8 Å². The SMILES string of the molecule is N=C(N)C/C=C/CC(=N)N. The Morgan fingerprint density at radius 3 is 1.50 bits per heavy atom. The number of hydrogen-bond acceptors (Lipinski definition) is 2. The summed E-state index contributed by atoms with van der Waals surface area (Å²) in [5, 5.41) is 13.6. The third-order valence-corrected chi connectivity index (χ3v) is 0.842. The van der Waals surface area contributed by atoms with E-state index in [2.05, 4.69) is 0 Å². The van der Waals surface area contributed by atoms with Crippen molar-refractivity contribution in [2.24, 2.45) is 11.5 Å². The molecule has 0 spiro atoms. The van der Waals surface area contributed by atoms with Crippen LogP contribution in [0, 0.1) is 10.8 Å². The molecule has 0 fully saturated rings. The van der Waals surface area contributed by atoms with E-state index in [1.807, 2.05) is 0 Å². The Bertz CT molecular complexity index is 141. The summed E-state index contributed by atoms with van der Waals surface area (Å²) in [7, 11) is 0. The van der Waals surface area contributed by atoms with E-state index in [4.69, 9.17) is 22.3 Å². The summed E-state index contributed by atoms with van der Waals surface area (Å²) in [5.74, 6) is 0.250. The zero-order valence-corrected chi connectivity index (χ0v) is 5.72. The van der Waals surface area contributed by atoms with Crippen molar-refractivity contribution in [3.05, 3.63) is 12.2 Å². The van der Waals surface area contributed by atoms with Gasteiger partial charge in [-0.05, 0) is 0 Å². The predicted molar refractivity (Wildman–Crippen MR) is 42.2 cm³/mol.